The third-order valence-corrected chi connectivity index (χ3v) is 3.95. The highest BCUT2D eigenvalue weighted by Gasteiger charge is 2.31. The first-order valence-electron chi connectivity index (χ1n) is 8.91. The van der Waals surface area contributed by atoms with Gasteiger partial charge >= 0.3 is 5.97 Å². The minimum absolute atomic E-state index is 0.137. The van der Waals surface area contributed by atoms with Gasteiger partial charge in [0.25, 0.3) is 5.79 Å². The molecule has 0 aliphatic rings. The fourth-order valence-electron chi connectivity index (χ4n) is 2.39. The second-order valence-electron chi connectivity index (χ2n) is 6.28. The zero-order valence-electron chi connectivity index (χ0n) is 14.4. The molecular weight excluding hydrogens is 296 g/mol. The summed E-state index contributed by atoms with van der Waals surface area (Å²) in [6.07, 6.45) is 14.2. The quantitative estimate of drug-likeness (QED) is 0.210. The van der Waals surface area contributed by atoms with Gasteiger partial charge in [0.1, 0.15) is 0 Å². The van der Waals surface area contributed by atoms with E-state index in [-0.39, 0.29) is 12.5 Å². The second kappa shape index (κ2) is 13.5. The Bertz CT molecular complexity index is 325. The van der Waals surface area contributed by atoms with Crippen molar-refractivity contribution in [3.05, 3.63) is 12.2 Å². The Kier molecular flexibility index (Phi) is 13.0. The number of unbranched alkanes of at least 4 members (excludes halogenated alkanes) is 7. The van der Waals surface area contributed by atoms with Gasteiger partial charge in [-0.1, -0.05) is 57.6 Å². The Morgan fingerprint density at radius 2 is 1.65 bits per heavy atom. The third-order valence-electron chi connectivity index (χ3n) is 3.95. The molecule has 5 heteroatoms. The van der Waals surface area contributed by atoms with E-state index in [1.807, 2.05) is 6.08 Å². The Balaban J connectivity index is 3.45. The van der Waals surface area contributed by atoms with Crippen molar-refractivity contribution in [2.24, 2.45) is 0 Å². The normalized spacial score (nSPS) is 13.6. The van der Waals surface area contributed by atoms with Crippen LogP contribution in [0.4, 0.5) is 0 Å². The molecule has 0 spiro atoms. The lowest BCUT2D eigenvalue weighted by Crippen LogP contribution is -2.37. The van der Waals surface area contributed by atoms with Gasteiger partial charge in [-0.2, -0.15) is 0 Å². The Morgan fingerprint density at radius 3 is 2.30 bits per heavy atom. The Labute approximate surface area is 140 Å². The van der Waals surface area contributed by atoms with Gasteiger partial charge in [0, 0.05) is 6.42 Å². The highest BCUT2D eigenvalue weighted by Crippen LogP contribution is 2.14. The number of carboxylic acid groups (broad SMARTS) is 1. The van der Waals surface area contributed by atoms with E-state index in [1.54, 1.807) is 0 Å². The molecule has 0 saturated heterocycles. The molecule has 0 radical (unpaired) electrons. The van der Waals surface area contributed by atoms with E-state index in [0.29, 0.717) is 12.8 Å². The number of aliphatic carboxylic acids is 1. The van der Waals surface area contributed by atoms with Gasteiger partial charge in [0.05, 0.1) is 6.10 Å². The van der Waals surface area contributed by atoms with Gasteiger partial charge in [-0.25, -0.2) is 4.79 Å². The van der Waals surface area contributed by atoms with Crippen molar-refractivity contribution in [2.75, 3.05) is 0 Å². The van der Waals surface area contributed by atoms with Gasteiger partial charge in [-0.05, 0) is 32.1 Å². The van der Waals surface area contributed by atoms with Crippen LogP contribution in [-0.4, -0.2) is 38.3 Å². The van der Waals surface area contributed by atoms with E-state index in [1.165, 1.54) is 19.3 Å². The summed E-state index contributed by atoms with van der Waals surface area (Å²) in [6.45, 7) is 2.18. The average molecular weight is 330 g/mol. The lowest BCUT2D eigenvalue weighted by molar-refractivity contribution is -0.205. The minimum atomic E-state index is -2.59. The highest BCUT2D eigenvalue weighted by molar-refractivity contribution is 5.74. The van der Waals surface area contributed by atoms with Crippen molar-refractivity contribution in [1.82, 2.24) is 0 Å². The van der Waals surface area contributed by atoms with Gasteiger partial charge < -0.3 is 20.4 Å². The number of aliphatic hydroxyl groups is 3. The zero-order valence-corrected chi connectivity index (χ0v) is 14.4. The summed E-state index contributed by atoms with van der Waals surface area (Å²) in [5.74, 6) is -4.18. The number of allylic oxidation sites excluding steroid dienone is 1. The first-order chi connectivity index (χ1) is 10.9. The van der Waals surface area contributed by atoms with Crippen molar-refractivity contribution in [3.63, 3.8) is 0 Å². The number of hydrogen-bond donors (Lipinski definition) is 4. The number of hydrogen-bond acceptors (Lipinski definition) is 4. The van der Waals surface area contributed by atoms with Crippen LogP contribution >= 0.6 is 0 Å². The molecule has 0 aromatic heterocycles. The van der Waals surface area contributed by atoms with Crippen LogP contribution in [0.5, 0.6) is 0 Å². The molecule has 0 aromatic carbocycles. The molecule has 0 amide bonds. The van der Waals surface area contributed by atoms with Gasteiger partial charge in [0.2, 0.25) is 0 Å². The maximum atomic E-state index is 10.5. The van der Waals surface area contributed by atoms with Crippen LogP contribution in [0.15, 0.2) is 12.2 Å². The summed E-state index contributed by atoms with van der Waals surface area (Å²) < 4.78 is 0. The molecule has 0 aliphatic carbocycles. The largest absolute Gasteiger partial charge is 0.477 e. The average Bonchev–Trinajstić information content (AvgIpc) is 2.49. The summed E-state index contributed by atoms with van der Waals surface area (Å²) in [5.41, 5.74) is 0. The molecule has 1 unspecified atom stereocenters. The van der Waals surface area contributed by atoms with E-state index >= 15 is 0 Å². The molecule has 23 heavy (non-hydrogen) atoms. The molecule has 4 N–H and O–H groups in total. The van der Waals surface area contributed by atoms with Crippen LogP contribution in [0.1, 0.15) is 84.0 Å². The summed E-state index contributed by atoms with van der Waals surface area (Å²) in [7, 11) is 0. The Hall–Kier alpha value is -0.910. The van der Waals surface area contributed by atoms with E-state index in [2.05, 4.69) is 13.0 Å². The van der Waals surface area contributed by atoms with Crippen LogP contribution in [0.3, 0.4) is 0 Å². The standard InChI is InChI=1S/C18H34O5/c1-2-3-4-10-13-16(19)14-11-8-6-5-7-9-12-15-18(22,23)17(20)21/h8,11,16,19,22-23H,2-7,9-10,12-15H2,1H3,(H,20,21)/b11-8-. The van der Waals surface area contributed by atoms with E-state index in [9.17, 15) is 9.90 Å². The molecule has 136 valence electrons. The van der Waals surface area contributed by atoms with E-state index < -0.39 is 11.8 Å². The lowest BCUT2D eigenvalue weighted by Gasteiger charge is -2.15. The molecule has 1 atom stereocenters. The SMILES string of the molecule is CCCCCCC(O)C/C=C\CCCCCCC(O)(O)C(=O)O. The van der Waals surface area contributed by atoms with Crippen molar-refractivity contribution < 1.29 is 25.2 Å². The zero-order chi connectivity index (χ0) is 17.6. The first kappa shape index (κ1) is 22.1. The smallest absolute Gasteiger partial charge is 0.364 e. The van der Waals surface area contributed by atoms with Crippen LogP contribution in [0.2, 0.25) is 0 Å². The summed E-state index contributed by atoms with van der Waals surface area (Å²) in [5, 5.41) is 36.6. The number of aliphatic hydroxyl groups excluding tert-OH is 1. The molecule has 0 saturated carbocycles. The van der Waals surface area contributed by atoms with Crippen molar-refractivity contribution in [2.45, 2.75) is 95.9 Å². The molecule has 5 nitrogen and oxygen atoms in total. The summed E-state index contributed by atoms with van der Waals surface area (Å²) in [4.78, 5) is 10.5. The molecule has 0 bridgehead atoms. The van der Waals surface area contributed by atoms with E-state index in [0.717, 1.165) is 38.5 Å². The maximum absolute atomic E-state index is 10.5. The lowest BCUT2D eigenvalue weighted by atomic mass is 10.0. The summed E-state index contributed by atoms with van der Waals surface area (Å²) in [6, 6.07) is 0. The van der Waals surface area contributed by atoms with Gasteiger partial charge in [0.15, 0.2) is 0 Å². The summed E-state index contributed by atoms with van der Waals surface area (Å²) >= 11 is 0. The van der Waals surface area contributed by atoms with Crippen molar-refractivity contribution in [1.29, 1.82) is 0 Å². The number of rotatable bonds is 15. The van der Waals surface area contributed by atoms with Crippen LogP contribution in [0.25, 0.3) is 0 Å². The minimum Gasteiger partial charge on any atom is -0.477 e. The van der Waals surface area contributed by atoms with E-state index in [4.69, 9.17) is 15.3 Å². The molecular formula is C18H34O5. The molecule has 0 rings (SSSR count). The number of carbonyl (C=O) groups is 1. The number of carboxylic acids is 1. The molecule has 0 heterocycles. The Morgan fingerprint density at radius 1 is 1.00 bits per heavy atom. The fourth-order valence-corrected chi connectivity index (χ4v) is 2.39. The molecule has 0 fully saturated rings. The monoisotopic (exact) mass is 330 g/mol. The second-order valence-corrected chi connectivity index (χ2v) is 6.28. The molecule has 0 aromatic rings. The fraction of sp³-hybridized carbons (Fsp3) is 0.833. The predicted molar refractivity (Wildman–Crippen MR) is 91.0 cm³/mol. The van der Waals surface area contributed by atoms with Crippen molar-refractivity contribution >= 4 is 5.97 Å². The third kappa shape index (κ3) is 13.2. The maximum Gasteiger partial charge on any atom is 0.364 e. The topological polar surface area (TPSA) is 98.0 Å². The first-order valence-corrected chi connectivity index (χ1v) is 8.91. The molecule has 0 aliphatic heterocycles. The van der Waals surface area contributed by atoms with Crippen molar-refractivity contribution in [3.8, 4) is 0 Å². The van der Waals surface area contributed by atoms with Crippen LogP contribution < -0.4 is 0 Å². The highest BCUT2D eigenvalue weighted by atomic mass is 16.5. The van der Waals surface area contributed by atoms with Crippen LogP contribution in [-0.2, 0) is 4.79 Å². The predicted octanol–water partition coefficient (Wildman–Crippen LogP) is 3.37. The van der Waals surface area contributed by atoms with Gasteiger partial charge in [-0.3, -0.25) is 0 Å². The van der Waals surface area contributed by atoms with Gasteiger partial charge in [-0.15, -0.1) is 0 Å². The van der Waals surface area contributed by atoms with Crippen LogP contribution in [0, 0.1) is 0 Å².